The van der Waals surface area contributed by atoms with Crippen LogP contribution in [-0.2, 0) is 23.0 Å². The van der Waals surface area contributed by atoms with E-state index in [4.69, 9.17) is 5.73 Å². The summed E-state index contributed by atoms with van der Waals surface area (Å²) in [6.45, 7) is 2.33. The zero-order valence-corrected chi connectivity index (χ0v) is 15.8. The minimum Gasteiger partial charge on any atom is -0.399 e. The zero-order chi connectivity index (χ0) is 19.3. The van der Waals surface area contributed by atoms with Crippen molar-refractivity contribution in [2.24, 2.45) is 0 Å². The Morgan fingerprint density at radius 3 is 2.78 bits per heavy atom. The highest BCUT2D eigenvalue weighted by molar-refractivity contribution is 7.88. The molecule has 1 aliphatic rings. The second kappa shape index (κ2) is 6.14. The fourth-order valence-electron chi connectivity index (χ4n) is 3.53. The molecule has 1 aliphatic heterocycles. The summed E-state index contributed by atoms with van der Waals surface area (Å²) in [6.07, 6.45) is 4.82. The van der Waals surface area contributed by atoms with E-state index in [1.807, 2.05) is 0 Å². The van der Waals surface area contributed by atoms with Crippen LogP contribution in [0.3, 0.4) is 0 Å². The van der Waals surface area contributed by atoms with Crippen LogP contribution in [0.1, 0.15) is 27.3 Å². The van der Waals surface area contributed by atoms with Crippen LogP contribution in [-0.4, -0.2) is 46.0 Å². The Hall–Kier alpha value is -2.78. The van der Waals surface area contributed by atoms with Gasteiger partial charge in [-0.05, 0) is 42.7 Å². The number of hydrogen-bond donors (Lipinski definition) is 1. The maximum atomic E-state index is 13.3. The molecular weight excluding hydrogens is 366 g/mol. The summed E-state index contributed by atoms with van der Waals surface area (Å²) in [5.41, 5.74) is 9.79. The monoisotopic (exact) mass is 385 g/mol. The SMILES string of the molecule is Cc1nc2cc(N)ccc2n1C(=O)c1cncc2c1CCN(S(C)(=O)=O)C2. The van der Waals surface area contributed by atoms with Crippen molar-refractivity contribution < 1.29 is 13.2 Å². The number of nitrogen functional groups attached to an aromatic ring is 1. The lowest BCUT2D eigenvalue weighted by Gasteiger charge is -2.27. The number of anilines is 1. The van der Waals surface area contributed by atoms with Gasteiger partial charge in [-0.15, -0.1) is 0 Å². The number of fused-ring (bicyclic) bond motifs is 2. The van der Waals surface area contributed by atoms with E-state index < -0.39 is 10.0 Å². The second-order valence-corrected chi connectivity index (χ2v) is 8.70. The number of nitrogens with zero attached hydrogens (tertiary/aromatic N) is 4. The molecule has 0 saturated heterocycles. The number of aryl methyl sites for hydroxylation is 1. The number of benzene rings is 1. The van der Waals surface area contributed by atoms with Crippen LogP contribution in [0.25, 0.3) is 11.0 Å². The molecule has 3 aromatic rings. The quantitative estimate of drug-likeness (QED) is 0.666. The van der Waals surface area contributed by atoms with Crippen LogP contribution >= 0.6 is 0 Å². The van der Waals surface area contributed by atoms with E-state index in [1.165, 1.54) is 10.6 Å². The van der Waals surface area contributed by atoms with Gasteiger partial charge in [0.25, 0.3) is 5.91 Å². The smallest absolute Gasteiger partial charge is 0.265 e. The molecule has 8 nitrogen and oxygen atoms in total. The molecule has 0 fully saturated rings. The summed E-state index contributed by atoms with van der Waals surface area (Å²) in [7, 11) is -3.29. The first kappa shape index (κ1) is 17.6. The van der Waals surface area contributed by atoms with Crippen molar-refractivity contribution in [3.8, 4) is 0 Å². The van der Waals surface area contributed by atoms with Crippen molar-refractivity contribution in [2.45, 2.75) is 19.9 Å². The van der Waals surface area contributed by atoms with Crippen LogP contribution in [0.5, 0.6) is 0 Å². The lowest BCUT2D eigenvalue weighted by atomic mass is 9.98. The lowest BCUT2D eigenvalue weighted by Crippen LogP contribution is -2.36. The van der Waals surface area contributed by atoms with E-state index in [-0.39, 0.29) is 12.5 Å². The van der Waals surface area contributed by atoms with E-state index in [9.17, 15) is 13.2 Å². The second-order valence-electron chi connectivity index (χ2n) is 6.72. The van der Waals surface area contributed by atoms with Gasteiger partial charge in [-0.1, -0.05) is 0 Å². The first-order valence-corrected chi connectivity index (χ1v) is 10.3. The minimum atomic E-state index is -3.29. The van der Waals surface area contributed by atoms with Gasteiger partial charge < -0.3 is 5.73 Å². The number of pyridine rings is 1. The molecule has 0 unspecified atom stereocenters. The Kier molecular flexibility index (Phi) is 4.01. The van der Waals surface area contributed by atoms with Gasteiger partial charge in [0.15, 0.2) is 0 Å². The maximum Gasteiger partial charge on any atom is 0.265 e. The number of aromatic nitrogens is 3. The number of nitrogens with two attached hydrogens (primary N) is 1. The topological polar surface area (TPSA) is 111 Å². The standard InChI is InChI=1S/C18H19N5O3S/c1-11-21-16-7-13(19)3-4-17(16)23(11)18(24)15-9-20-8-12-10-22(27(2,25)26)6-5-14(12)15/h3-4,7-9H,5-6,10,19H2,1-2H3. The van der Waals surface area contributed by atoms with E-state index in [1.54, 1.807) is 42.1 Å². The Labute approximate surface area is 156 Å². The third kappa shape index (κ3) is 2.98. The summed E-state index contributed by atoms with van der Waals surface area (Å²) in [5, 5.41) is 0. The third-order valence-electron chi connectivity index (χ3n) is 4.85. The van der Waals surface area contributed by atoms with Crippen molar-refractivity contribution in [1.82, 2.24) is 18.8 Å². The van der Waals surface area contributed by atoms with E-state index in [0.717, 1.165) is 11.1 Å². The van der Waals surface area contributed by atoms with E-state index in [2.05, 4.69) is 9.97 Å². The fourth-order valence-corrected chi connectivity index (χ4v) is 4.33. The Morgan fingerprint density at radius 1 is 1.26 bits per heavy atom. The van der Waals surface area contributed by atoms with Gasteiger partial charge in [0.2, 0.25) is 10.0 Å². The Morgan fingerprint density at radius 2 is 2.04 bits per heavy atom. The molecule has 2 aromatic heterocycles. The first-order chi connectivity index (χ1) is 12.8. The van der Waals surface area contributed by atoms with Gasteiger partial charge >= 0.3 is 0 Å². The lowest BCUT2D eigenvalue weighted by molar-refractivity contribution is 0.0960. The molecule has 0 amide bonds. The first-order valence-electron chi connectivity index (χ1n) is 8.46. The van der Waals surface area contributed by atoms with Crippen molar-refractivity contribution in [1.29, 1.82) is 0 Å². The molecule has 27 heavy (non-hydrogen) atoms. The summed E-state index contributed by atoms with van der Waals surface area (Å²) < 4.78 is 26.6. The van der Waals surface area contributed by atoms with Crippen LogP contribution in [0.2, 0.25) is 0 Å². The average Bonchev–Trinajstić information content (AvgIpc) is 2.94. The number of sulfonamides is 1. The van der Waals surface area contributed by atoms with Crippen LogP contribution < -0.4 is 5.73 Å². The number of imidazole rings is 1. The highest BCUT2D eigenvalue weighted by Gasteiger charge is 2.28. The maximum absolute atomic E-state index is 13.3. The van der Waals surface area contributed by atoms with E-state index >= 15 is 0 Å². The largest absolute Gasteiger partial charge is 0.399 e. The van der Waals surface area contributed by atoms with Gasteiger partial charge in [-0.25, -0.2) is 13.4 Å². The summed E-state index contributed by atoms with van der Waals surface area (Å²) >= 11 is 0. The normalized spacial score (nSPS) is 15.0. The molecule has 2 N–H and O–H groups in total. The Bertz CT molecular complexity index is 1180. The summed E-state index contributed by atoms with van der Waals surface area (Å²) in [5.74, 6) is 0.337. The zero-order valence-electron chi connectivity index (χ0n) is 15.0. The molecule has 0 saturated carbocycles. The molecule has 0 bridgehead atoms. The molecule has 0 spiro atoms. The molecule has 3 heterocycles. The van der Waals surface area contributed by atoms with Crippen LogP contribution in [0.15, 0.2) is 30.6 Å². The summed E-state index contributed by atoms with van der Waals surface area (Å²) in [4.78, 5) is 21.9. The molecule has 0 aliphatic carbocycles. The number of hydrogen-bond acceptors (Lipinski definition) is 6. The highest BCUT2D eigenvalue weighted by atomic mass is 32.2. The molecule has 0 atom stereocenters. The molecule has 0 radical (unpaired) electrons. The molecule has 140 valence electrons. The summed E-state index contributed by atoms with van der Waals surface area (Å²) in [6, 6.07) is 5.24. The molecule has 4 rings (SSSR count). The number of carbonyl (C=O) groups excluding carboxylic acids is 1. The average molecular weight is 385 g/mol. The molecular formula is C18H19N5O3S. The van der Waals surface area contributed by atoms with Crippen LogP contribution in [0.4, 0.5) is 5.69 Å². The van der Waals surface area contributed by atoms with Gasteiger partial charge in [-0.3, -0.25) is 14.3 Å². The highest BCUT2D eigenvalue weighted by Crippen LogP contribution is 2.26. The van der Waals surface area contributed by atoms with Gasteiger partial charge in [0.05, 0.1) is 22.9 Å². The van der Waals surface area contributed by atoms with E-state index in [0.29, 0.717) is 41.1 Å². The Balaban J connectivity index is 1.80. The van der Waals surface area contributed by atoms with Crippen LogP contribution in [0, 0.1) is 6.92 Å². The van der Waals surface area contributed by atoms with Crippen molar-refractivity contribution in [2.75, 3.05) is 18.5 Å². The van der Waals surface area contributed by atoms with Crippen molar-refractivity contribution >= 4 is 32.7 Å². The predicted molar refractivity (Wildman–Crippen MR) is 102 cm³/mol. The van der Waals surface area contributed by atoms with Gasteiger partial charge in [-0.2, -0.15) is 4.31 Å². The number of rotatable bonds is 2. The third-order valence-corrected chi connectivity index (χ3v) is 6.10. The van der Waals surface area contributed by atoms with Crippen molar-refractivity contribution in [3.63, 3.8) is 0 Å². The van der Waals surface area contributed by atoms with Gasteiger partial charge in [0.1, 0.15) is 5.82 Å². The molecule has 1 aromatic carbocycles. The molecule has 9 heteroatoms. The van der Waals surface area contributed by atoms with Crippen molar-refractivity contribution in [3.05, 3.63) is 53.1 Å². The minimum absolute atomic E-state index is 0.225. The fraction of sp³-hybridized carbons (Fsp3) is 0.278. The van der Waals surface area contributed by atoms with Gasteiger partial charge in [0, 0.05) is 31.2 Å². The number of carbonyl (C=O) groups is 1. The predicted octanol–water partition coefficient (Wildman–Crippen LogP) is 1.33.